The molecule has 0 radical (unpaired) electrons. The molecule has 0 amide bonds. The molecule has 0 saturated carbocycles. The van der Waals surface area contributed by atoms with Gasteiger partial charge in [-0.1, -0.05) is 109 Å². The maximum Gasteiger partial charge on any atom is 0.162 e. The lowest BCUT2D eigenvalue weighted by molar-refractivity contribution is 1.08. The fourth-order valence-corrected chi connectivity index (χ4v) is 9.02. The summed E-state index contributed by atoms with van der Waals surface area (Å²) in [4.78, 5) is 10.4. The van der Waals surface area contributed by atoms with Crippen molar-refractivity contribution >= 4 is 86.0 Å². The second-order valence-electron chi connectivity index (χ2n) is 12.6. The average molecular weight is 643 g/mol. The number of hydrogen-bond donors (Lipinski definition) is 0. The van der Waals surface area contributed by atoms with Crippen LogP contribution < -0.4 is 0 Å². The van der Waals surface area contributed by atoms with Gasteiger partial charge in [0.05, 0.1) is 32.3 Å². The van der Waals surface area contributed by atoms with Gasteiger partial charge in [-0.15, -0.1) is 11.3 Å². The molecule has 0 saturated heterocycles. The molecule has 0 atom stereocenters. The van der Waals surface area contributed by atoms with Crippen LogP contribution in [0.1, 0.15) is 0 Å². The van der Waals surface area contributed by atoms with Gasteiger partial charge in [0.25, 0.3) is 0 Å². The summed E-state index contributed by atoms with van der Waals surface area (Å²) in [6.07, 6.45) is 0. The molecule has 4 nitrogen and oxygen atoms in total. The predicted octanol–water partition coefficient (Wildman–Crippen LogP) is 11.9. The van der Waals surface area contributed by atoms with Crippen molar-refractivity contribution in [2.24, 2.45) is 0 Å². The van der Waals surface area contributed by atoms with Crippen molar-refractivity contribution in [1.82, 2.24) is 19.1 Å². The van der Waals surface area contributed by atoms with Crippen LogP contribution >= 0.6 is 11.3 Å². The van der Waals surface area contributed by atoms with E-state index in [0.29, 0.717) is 0 Å². The Bertz CT molecular complexity index is 3100. The summed E-state index contributed by atoms with van der Waals surface area (Å²) in [5.74, 6) is 1.62. The summed E-state index contributed by atoms with van der Waals surface area (Å²) < 4.78 is 7.32. The molecule has 0 fully saturated rings. The highest BCUT2D eigenvalue weighted by atomic mass is 32.1. The van der Waals surface area contributed by atoms with Crippen LogP contribution in [-0.2, 0) is 0 Å². The van der Waals surface area contributed by atoms with Crippen LogP contribution in [0, 0.1) is 0 Å². The van der Waals surface area contributed by atoms with Crippen molar-refractivity contribution in [3.8, 4) is 22.9 Å². The second-order valence-corrected chi connectivity index (χ2v) is 13.7. The van der Waals surface area contributed by atoms with Crippen molar-refractivity contribution < 1.29 is 0 Å². The Morgan fingerprint density at radius 3 is 1.86 bits per heavy atom. The predicted molar refractivity (Wildman–Crippen MR) is 207 cm³/mol. The maximum atomic E-state index is 5.34. The molecule has 11 aromatic rings. The lowest BCUT2D eigenvalue weighted by Crippen LogP contribution is -2.02. The lowest BCUT2D eigenvalue weighted by atomic mass is 10.1. The van der Waals surface area contributed by atoms with Gasteiger partial charge < -0.3 is 4.57 Å². The largest absolute Gasteiger partial charge is 0.309 e. The Balaban J connectivity index is 1.28. The van der Waals surface area contributed by atoms with Gasteiger partial charge in [0, 0.05) is 53.7 Å². The summed E-state index contributed by atoms with van der Waals surface area (Å²) in [5.41, 5.74) is 7.86. The first-order valence-corrected chi connectivity index (χ1v) is 17.3. The highest BCUT2D eigenvalue weighted by molar-refractivity contribution is 7.26. The maximum absolute atomic E-state index is 5.34. The summed E-state index contributed by atoms with van der Waals surface area (Å²) in [7, 11) is 0. The van der Waals surface area contributed by atoms with Gasteiger partial charge in [0.15, 0.2) is 5.82 Å². The van der Waals surface area contributed by atoms with Gasteiger partial charge in [-0.3, -0.25) is 4.57 Å². The normalized spacial score (nSPS) is 12.1. The number of benzene rings is 7. The van der Waals surface area contributed by atoms with Crippen molar-refractivity contribution in [3.05, 3.63) is 158 Å². The third-order valence-electron chi connectivity index (χ3n) is 9.91. The number of nitrogens with zero attached hydrogens (tertiary/aromatic N) is 4. The molecule has 0 spiro atoms. The Morgan fingerprint density at radius 1 is 0.429 bits per heavy atom. The van der Waals surface area contributed by atoms with Crippen LogP contribution in [-0.4, -0.2) is 19.1 Å². The zero-order valence-electron chi connectivity index (χ0n) is 26.2. The number of thiophene rings is 1. The monoisotopic (exact) mass is 642 g/mol. The van der Waals surface area contributed by atoms with Gasteiger partial charge in [-0.2, -0.15) is 0 Å². The summed E-state index contributed by atoms with van der Waals surface area (Å²) >= 11 is 1.87. The molecule has 7 aromatic carbocycles. The second kappa shape index (κ2) is 10.1. The fourth-order valence-electron chi connectivity index (χ4n) is 7.77. The van der Waals surface area contributed by atoms with Crippen molar-refractivity contribution in [3.63, 3.8) is 0 Å². The van der Waals surface area contributed by atoms with Crippen LogP contribution in [0.4, 0.5) is 0 Å². The van der Waals surface area contributed by atoms with Gasteiger partial charge in [-0.05, 0) is 48.5 Å². The van der Waals surface area contributed by atoms with E-state index in [2.05, 4.69) is 149 Å². The first-order valence-electron chi connectivity index (χ1n) is 16.5. The molecule has 0 aliphatic rings. The highest BCUT2D eigenvalue weighted by Gasteiger charge is 2.22. The molecule has 0 N–H and O–H groups in total. The van der Waals surface area contributed by atoms with E-state index < -0.39 is 0 Å². The van der Waals surface area contributed by atoms with E-state index >= 15 is 0 Å². The minimum absolute atomic E-state index is 0.722. The van der Waals surface area contributed by atoms with Crippen LogP contribution in [0.15, 0.2) is 158 Å². The topological polar surface area (TPSA) is 35.6 Å². The Labute approximate surface area is 284 Å². The van der Waals surface area contributed by atoms with Crippen molar-refractivity contribution in [1.29, 1.82) is 0 Å². The summed E-state index contributed by atoms with van der Waals surface area (Å²) in [5, 5.41) is 8.53. The van der Waals surface area contributed by atoms with Crippen LogP contribution in [0.25, 0.3) is 97.6 Å². The molecular weight excluding hydrogens is 617 g/mol. The van der Waals surface area contributed by atoms with Crippen molar-refractivity contribution in [2.45, 2.75) is 0 Å². The lowest BCUT2D eigenvalue weighted by Gasteiger charge is -2.13. The summed E-state index contributed by atoms with van der Waals surface area (Å²) in [6.45, 7) is 0. The van der Waals surface area contributed by atoms with Crippen LogP contribution in [0.3, 0.4) is 0 Å². The quantitative estimate of drug-likeness (QED) is 0.192. The molecular formula is C44H26N4S. The molecule has 0 aliphatic carbocycles. The zero-order chi connectivity index (χ0) is 32.1. The van der Waals surface area contributed by atoms with Gasteiger partial charge in [-0.25, -0.2) is 9.97 Å². The number of hydrogen-bond acceptors (Lipinski definition) is 3. The Hall–Kier alpha value is -6.30. The SMILES string of the molecule is c1ccc(-c2nc(-n3c4ccccc4c4ccc5c6cc7c8ccccc8n(-c8ccccc8)c7cc6sc5c43)c3ccccc3n2)cc1. The molecule has 11 rings (SSSR count). The molecule has 0 aliphatic heterocycles. The molecule has 228 valence electrons. The first kappa shape index (κ1) is 26.7. The fraction of sp³-hybridized carbons (Fsp3) is 0. The van der Waals surface area contributed by atoms with Crippen LogP contribution in [0.2, 0.25) is 0 Å². The van der Waals surface area contributed by atoms with E-state index in [1.165, 1.54) is 64.0 Å². The number of aromatic nitrogens is 4. The van der Waals surface area contributed by atoms with E-state index in [9.17, 15) is 0 Å². The minimum Gasteiger partial charge on any atom is -0.309 e. The molecule has 5 heteroatoms. The molecule has 0 bridgehead atoms. The van der Waals surface area contributed by atoms with E-state index in [4.69, 9.17) is 9.97 Å². The number of rotatable bonds is 3. The highest BCUT2D eigenvalue weighted by Crippen LogP contribution is 2.46. The Morgan fingerprint density at radius 2 is 1.06 bits per heavy atom. The van der Waals surface area contributed by atoms with Gasteiger partial charge >= 0.3 is 0 Å². The van der Waals surface area contributed by atoms with Crippen molar-refractivity contribution in [2.75, 3.05) is 0 Å². The molecule has 49 heavy (non-hydrogen) atoms. The zero-order valence-corrected chi connectivity index (χ0v) is 27.0. The van der Waals surface area contributed by atoms with E-state index in [1.807, 2.05) is 29.5 Å². The third kappa shape index (κ3) is 3.79. The summed E-state index contributed by atoms with van der Waals surface area (Å²) in [6, 6.07) is 56.3. The number of para-hydroxylation sites is 4. The standard InChI is InChI=1S/C44H26N4S/c1-3-13-27(14-4-1)43-45-36-20-10-7-19-33(36)44(46-43)48-38-22-12-8-17-29(38)31-23-24-32-35-25-34-30-18-9-11-21-37(30)47(28-15-5-2-6-16-28)39(34)26-40(35)49-42(32)41(31)48/h1-26H. The first-order chi connectivity index (χ1) is 24.3. The van der Waals surface area contributed by atoms with E-state index in [-0.39, 0.29) is 0 Å². The third-order valence-corrected chi connectivity index (χ3v) is 11.1. The van der Waals surface area contributed by atoms with Crippen LogP contribution in [0.5, 0.6) is 0 Å². The molecule has 4 aromatic heterocycles. The molecule has 0 unspecified atom stereocenters. The smallest absolute Gasteiger partial charge is 0.162 e. The van der Waals surface area contributed by atoms with Gasteiger partial charge in [0.2, 0.25) is 0 Å². The van der Waals surface area contributed by atoms with E-state index in [1.54, 1.807) is 0 Å². The number of fused-ring (bicyclic) bond motifs is 11. The molecule has 4 heterocycles. The average Bonchev–Trinajstić information content (AvgIpc) is 3.81. The van der Waals surface area contributed by atoms with Gasteiger partial charge in [0.1, 0.15) is 5.82 Å². The minimum atomic E-state index is 0.722. The van der Waals surface area contributed by atoms with E-state index in [0.717, 1.165) is 33.6 Å². The Kier molecular flexibility index (Phi) is 5.51.